The Labute approximate surface area is 121 Å². The molecule has 104 valence electrons. The Morgan fingerprint density at radius 1 is 1.58 bits per heavy atom. The fraction of sp³-hybridized carbons (Fsp3) is 0.438. The van der Waals surface area contributed by atoms with Crippen LogP contribution in [0, 0.1) is 0 Å². The van der Waals surface area contributed by atoms with E-state index in [0.717, 1.165) is 6.42 Å². The van der Waals surface area contributed by atoms with Gasteiger partial charge in [-0.3, -0.25) is 4.99 Å². The second kappa shape index (κ2) is 8.05. The summed E-state index contributed by atoms with van der Waals surface area (Å²) < 4.78 is 0. The maximum atomic E-state index is 4.39. The van der Waals surface area contributed by atoms with Crippen molar-refractivity contribution in [2.75, 3.05) is 20.6 Å². The topological polar surface area (TPSA) is 15.6 Å². The van der Waals surface area contributed by atoms with Crippen LogP contribution in [0.5, 0.6) is 0 Å². The molecule has 0 saturated heterocycles. The molecule has 3 heteroatoms. The van der Waals surface area contributed by atoms with E-state index in [9.17, 15) is 0 Å². The second-order valence-electron chi connectivity index (χ2n) is 4.95. The van der Waals surface area contributed by atoms with Crippen LogP contribution < -0.4 is 0 Å². The molecule has 0 radical (unpaired) electrons. The zero-order chi connectivity index (χ0) is 14.3. The van der Waals surface area contributed by atoms with Gasteiger partial charge < -0.3 is 4.90 Å². The Balaban J connectivity index is 2.92. The first-order valence-electron chi connectivity index (χ1n) is 6.57. The first kappa shape index (κ1) is 15.8. The highest BCUT2D eigenvalue weighted by molar-refractivity contribution is 8.04. The lowest BCUT2D eigenvalue weighted by Crippen LogP contribution is -2.01. The average molecular weight is 276 g/mol. The van der Waals surface area contributed by atoms with Gasteiger partial charge in [0.2, 0.25) is 0 Å². The van der Waals surface area contributed by atoms with Crippen LogP contribution in [0.15, 0.2) is 52.1 Å². The van der Waals surface area contributed by atoms with E-state index in [1.165, 1.54) is 16.1 Å². The smallest absolute Gasteiger partial charge is 0.0567 e. The van der Waals surface area contributed by atoms with Crippen LogP contribution in [-0.4, -0.2) is 37.0 Å². The third-order valence-corrected chi connectivity index (χ3v) is 3.81. The summed E-state index contributed by atoms with van der Waals surface area (Å²) in [7, 11) is 4.07. The molecule has 1 aliphatic heterocycles. The van der Waals surface area contributed by atoms with E-state index in [0.29, 0.717) is 11.8 Å². The highest BCUT2D eigenvalue weighted by atomic mass is 32.2. The number of aliphatic imine (C=N–C) groups is 1. The molecule has 0 amide bonds. The summed E-state index contributed by atoms with van der Waals surface area (Å²) in [4.78, 5) is 7.78. The van der Waals surface area contributed by atoms with Crippen LogP contribution in [0.1, 0.15) is 20.3 Å². The molecule has 1 aliphatic rings. The standard InChI is InChI=1S/C16H24N2S/c1-6-9-17-11-15(10-13(2)12-18(4)5)16-8-7-14(3)19-16/h6,8,10-12,14H,1,7,9H2,2-5H3/b13-12+,15-10+,17-11?. The lowest BCUT2D eigenvalue weighted by Gasteiger charge is -2.08. The Kier molecular flexibility index (Phi) is 6.71. The summed E-state index contributed by atoms with van der Waals surface area (Å²) in [6, 6.07) is 0. The zero-order valence-corrected chi connectivity index (χ0v) is 13.2. The van der Waals surface area contributed by atoms with Crippen LogP contribution in [0.3, 0.4) is 0 Å². The molecule has 1 rings (SSSR count). The fourth-order valence-corrected chi connectivity index (χ4v) is 2.93. The van der Waals surface area contributed by atoms with Crippen LogP contribution >= 0.6 is 11.8 Å². The van der Waals surface area contributed by atoms with E-state index in [1.54, 1.807) is 0 Å². The normalized spacial score (nSPS) is 20.8. The van der Waals surface area contributed by atoms with Gasteiger partial charge in [-0.15, -0.1) is 18.3 Å². The minimum absolute atomic E-state index is 0.668. The predicted molar refractivity (Wildman–Crippen MR) is 88.8 cm³/mol. The molecular weight excluding hydrogens is 252 g/mol. The molecule has 0 fully saturated rings. The van der Waals surface area contributed by atoms with Gasteiger partial charge in [0.15, 0.2) is 0 Å². The van der Waals surface area contributed by atoms with E-state index in [1.807, 2.05) is 38.1 Å². The van der Waals surface area contributed by atoms with Crippen molar-refractivity contribution >= 4 is 18.0 Å². The van der Waals surface area contributed by atoms with Crippen molar-refractivity contribution in [2.24, 2.45) is 4.99 Å². The summed E-state index contributed by atoms with van der Waals surface area (Å²) in [6.07, 6.45) is 11.5. The summed E-state index contributed by atoms with van der Waals surface area (Å²) >= 11 is 1.93. The van der Waals surface area contributed by atoms with E-state index in [-0.39, 0.29) is 0 Å². The minimum atomic E-state index is 0.668. The molecule has 0 bridgehead atoms. The molecule has 1 unspecified atom stereocenters. The fourth-order valence-electron chi connectivity index (χ4n) is 1.86. The maximum Gasteiger partial charge on any atom is 0.0567 e. The molecule has 0 saturated carbocycles. The number of hydrogen-bond acceptors (Lipinski definition) is 3. The van der Waals surface area contributed by atoms with Crippen molar-refractivity contribution < 1.29 is 0 Å². The van der Waals surface area contributed by atoms with Crippen molar-refractivity contribution in [3.63, 3.8) is 0 Å². The number of rotatable bonds is 6. The summed E-state index contributed by atoms with van der Waals surface area (Å²) in [5, 5.41) is 0.671. The third kappa shape index (κ3) is 5.97. The largest absolute Gasteiger partial charge is 0.383 e. The van der Waals surface area contributed by atoms with Gasteiger partial charge in [-0.1, -0.05) is 19.1 Å². The Morgan fingerprint density at radius 3 is 2.84 bits per heavy atom. The molecule has 0 N–H and O–H groups in total. The van der Waals surface area contributed by atoms with Gasteiger partial charge in [0, 0.05) is 42.2 Å². The lowest BCUT2D eigenvalue weighted by atomic mass is 10.1. The van der Waals surface area contributed by atoms with Crippen LogP contribution in [0.2, 0.25) is 0 Å². The number of nitrogens with zero attached hydrogens (tertiary/aromatic N) is 2. The monoisotopic (exact) mass is 276 g/mol. The zero-order valence-electron chi connectivity index (χ0n) is 12.4. The molecule has 0 aliphatic carbocycles. The maximum absolute atomic E-state index is 4.39. The van der Waals surface area contributed by atoms with Crippen molar-refractivity contribution in [3.05, 3.63) is 47.1 Å². The highest BCUT2D eigenvalue weighted by Crippen LogP contribution is 2.36. The van der Waals surface area contributed by atoms with Gasteiger partial charge in [0.25, 0.3) is 0 Å². The molecule has 1 heterocycles. The average Bonchev–Trinajstić information content (AvgIpc) is 2.74. The molecule has 0 aromatic carbocycles. The van der Waals surface area contributed by atoms with E-state index in [4.69, 9.17) is 0 Å². The molecular formula is C16H24N2S. The molecule has 1 atom stereocenters. The van der Waals surface area contributed by atoms with E-state index in [2.05, 4.69) is 48.7 Å². The lowest BCUT2D eigenvalue weighted by molar-refractivity contribution is 0.560. The summed E-state index contributed by atoms with van der Waals surface area (Å²) in [5.41, 5.74) is 2.43. The first-order chi connectivity index (χ1) is 9.02. The van der Waals surface area contributed by atoms with Gasteiger partial charge in [0.1, 0.15) is 0 Å². The Morgan fingerprint density at radius 2 is 2.32 bits per heavy atom. The molecule has 2 nitrogen and oxygen atoms in total. The Bertz CT molecular complexity index is 428. The number of allylic oxidation sites excluding steroid dienone is 4. The van der Waals surface area contributed by atoms with Crippen LogP contribution in [0.4, 0.5) is 0 Å². The predicted octanol–water partition coefficient (Wildman–Crippen LogP) is 4.04. The van der Waals surface area contributed by atoms with Crippen molar-refractivity contribution in [2.45, 2.75) is 25.5 Å². The number of hydrogen-bond donors (Lipinski definition) is 0. The van der Waals surface area contributed by atoms with Gasteiger partial charge in [-0.25, -0.2) is 0 Å². The second-order valence-corrected chi connectivity index (χ2v) is 6.43. The van der Waals surface area contributed by atoms with Crippen molar-refractivity contribution in [1.29, 1.82) is 0 Å². The van der Waals surface area contributed by atoms with Crippen LogP contribution in [0.25, 0.3) is 0 Å². The van der Waals surface area contributed by atoms with E-state index < -0.39 is 0 Å². The van der Waals surface area contributed by atoms with Gasteiger partial charge in [-0.2, -0.15) is 0 Å². The quantitative estimate of drug-likeness (QED) is 0.413. The third-order valence-electron chi connectivity index (χ3n) is 2.56. The summed E-state index contributed by atoms with van der Waals surface area (Å²) in [6.45, 7) is 8.74. The van der Waals surface area contributed by atoms with Crippen LogP contribution in [-0.2, 0) is 0 Å². The van der Waals surface area contributed by atoms with Gasteiger partial charge in [-0.05, 0) is 25.0 Å². The van der Waals surface area contributed by atoms with Crippen molar-refractivity contribution in [1.82, 2.24) is 4.90 Å². The molecule has 0 aromatic rings. The van der Waals surface area contributed by atoms with Gasteiger partial charge in [0.05, 0.1) is 6.54 Å². The SMILES string of the molecule is C=CCN=C/C(=C\C(C)=C\N(C)C)C1=CCC(C)S1. The molecule has 19 heavy (non-hydrogen) atoms. The summed E-state index contributed by atoms with van der Waals surface area (Å²) in [5.74, 6) is 0. The molecule has 0 aromatic heterocycles. The molecule has 0 spiro atoms. The minimum Gasteiger partial charge on any atom is -0.383 e. The number of thioether (sulfide) groups is 1. The highest BCUT2D eigenvalue weighted by Gasteiger charge is 2.15. The van der Waals surface area contributed by atoms with Crippen molar-refractivity contribution in [3.8, 4) is 0 Å². The Hall–Kier alpha value is -1.22. The van der Waals surface area contributed by atoms with Gasteiger partial charge >= 0.3 is 0 Å². The first-order valence-corrected chi connectivity index (χ1v) is 7.45. The van der Waals surface area contributed by atoms with E-state index >= 15 is 0 Å².